The van der Waals surface area contributed by atoms with Gasteiger partial charge in [0.25, 0.3) is 0 Å². The first-order valence-electron chi connectivity index (χ1n) is 3.56. The van der Waals surface area contributed by atoms with Crippen molar-refractivity contribution in [3.8, 4) is 0 Å². The van der Waals surface area contributed by atoms with Crippen LogP contribution in [0.3, 0.4) is 0 Å². The van der Waals surface area contributed by atoms with Gasteiger partial charge in [0.15, 0.2) is 0 Å². The zero-order valence-corrected chi connectivity index (χ0v) is 5.89. The fourth-order valence-electron chi connectivity index (χ4n) is 1.21. The zero-order valence-electron chi connectivity index (χ0n) is 5.89. The number of carbonyl (C=O) groups excluding carboxylic acids is 1. The second kappa shape index (κ2) is 4.82. The van der Waals surface area contributed by atoms with Crippen LogP contribution in [0.15, 0.2) is 0 Å². The van der Waals surface area contributed by atoms with Crippen molar-refractivity contribution < 1.29 is 4.79 Å². The molecule has 1 aliphatic rings. The van der Waals surface area contributed by atoms with Crippen molar-refractivity contribution in [3.05, 3.63) is 0 Å². The SMILES string of the molecule is CC(=O)N1CCCCC1.[LiH]. The molecule has 0 unspecified atom stereocenters. The molecule has 0 aliphatic carbocycles. The number of hydrogen-bond donors (Lipinski definition) is 0. The van der Waals surface area contributed by atoms with Crippen molar-refractivity contribution in [2.45, 2.75) is 26.2 Å². The van der Waals surface area contributed by atoms with Crippen LogP contribution in [0.5, 0.6) is 0 Å². The molecular formula is C7H14LiNO. The van der Waals surface area contributed by atoms with Gasteiger partial charge in [0, 0.05) is 20.0 Å². The third kappa shape index (κ3) is 2.77. The van der Waals surface area contributed by atoms with Crippen LogP contribution in [-0.4, -0.2) is 42.8 Å². The van der Waals surface area contributed by atoms with Gasteiger partial charge in [0.2, 0.25) is 5.91 Å². The molecule has 0 atom stereocenters. The Labute approximate surface area is 74.1 Å². The van der Waals surface area contributed by atoms with Crippen molar-refractivity contribution in [2.75, 3.05) is 13.1 Å². The Morgan fingerprint density at radius 1 is 1.20 bits per heavy atom. The molecule has 0 bridgehead atoms. The molecule has 1 heterocycles. The second-order valence-electron chi connectivity index (χ2n) is 2.57. The molecule has 10 heavy (non-hydrogen) atoms. The van der Waals surface area contributed by atoms with Gasteiger partial charge >= 0.3 is 18.9 Å². The Morgan fingerprint density at radius 2 is 1.70 bits per heavy atom. The summed E-state index contributed by atoms with van der Waals surface area (Å²) in [6.45, 7) is 3.61. The average Bonchev–Trinajstić information content (AvgIpc) is 1.90. The summed E-state index contributed by atoms with van der Waals surface area (Å²) in [6.07, 6.45) is 3.68. The fourth-order valence-corrected chi connectivity index (χ4v) is 1.21. The van der Waals surface area contributed by atoms with Gasteiger partial charge in [0.05, 0.1) is 0 Å². The van der Waals surface area contributed by atoms with E-state index in [1.54, 1.807) is 6.92 Å². The molecule has 1 amide bonds. The number of piperidine rings is 1. The molecule has 2 nitrogen and oxygen atoms in total. The monoisotopic (exact) mass is 135 g/mol. The van der Waals surface area contributed by atoms with Gasteiger partial charge in [-0.1, -0.05) is 0 Å². The molecule has 1 saturated heterocycles. The van der Waals surface area contributed by atoms with Gasteiger partial charge in [-0.05, 0) is 19.3 Å². The Balaban J connectivity index is 0.000000810. The zero-order chi connectivity index (χ0) is 6.69. The molecule has 54 valence electrons. The van der Waals surface area contributed by atoms with E-state index in [1.807, 2.05) is 4.90 Å². The first-order chi connectivity index (χ1) is 4.30. The number of rotatable bonds is 0. The quantitative estimate of drug-likeness (QED) is 0.439. The van der Waals surface area contributed by atoms with Gasteiger partial charge in [-0.2, -0.15) is 0 Å². The predicted molar refractivity (Wildman–Crippen MR) is 43.3 cm³/mol. The van der Waals surface area contributed by atoms with Crippen LogP contribution in [0.4, 0.5) is 0 Å². The molecule has 1 fully saturated rings. The topological polar surface area (TPSA) is 20.3 Å². The summed E-state index contributed by atoms with van der Waals surface area (Å²) in [7, 11) is 0. The third-order valence-electron chi connectivity index (χ3n) is 1.80. The van der Waals surface area contributed by atoms with E-state index in [1.165, 1.54) is 19.3 Å². The number of hydrogen-bond acceptors (Lipinski definition) is 1. The summed E-state index contributed by atoms with van der Waals surface area (Å²) in [5.74, 6) is 0.231. The average molecular weight is 135 g/mol. The van der Waals surface area contributed by atoms with E-state index < -0.39 is 0 Å². The van der Waals surface area contributed by atoms with Gasteiger partial charge < -0.3 is 4.90 Å². The maximum atomic E-state index is 10.7. The standard InChI is InChI=1S/C7H13NO.Li.H/c1-7(9)8-5-3-2-4-6-8;;/h2-6H2,1H3;;. The first-order valence-corrected chi connectivity index (χ1v) is 3.56. The van der Waals surface area contributed by atoms with Gasteiger partial charge in [-0.3, -0.25) is 4.79 Å². The van der Waals surface area contributed by atoms with Crippen LogP contribution >= 0.6 is 0 Å². The Morgan fingerprint density at radius 3 is 2.00 bits per heavy atom. The molecule has 3 heteroatoms. The molecule has 0 N–H and O–H groups in total. The fraction of sp³-hybridized carbons (Fsp3) is 0.857. The van der Waals surface area contributed by atoms with Crippen LogP contribution in [0.1, 0.15) is 26.2 Å². The predicted octanol–water partition coefficient (Wildman–Crippen LogP) is 0.370. The Kier molecular flexibility index (Phi) is 4.85. The molecule has 0 spiro atoms. The molecule has 0 radical (unpaired) electrons. The summed E-state index contributed by atoms with van der Waals surface area (Å²) < 4.78 is 0. The molecule has 0 aromatic heterocycles. The van der Waals surface area contributed by atoms with E-state index in [9.17, 15) is 4.79 Å². The molecule has 0 aromatic carbocycles. The second-order valence-corrected chi connectivity index (χ2v) is 2.57. The van der Waals surface area contributed by atoms with Gasteiger partial charge in [0.1, 0.15) is 0 Å². The summed E-state index contributed by atoms with van der Waals surface area (Å²) >= 11 is 0. The molecule has 1 aliphatic heterocycles. The van der Waals surface area contributed by atoms with Crippen LogP contribution in [0.2, 0.25) is 0 Å². The minimum atomic E-state index is 0. The first kappa shape index (κ1) is 10.1. The van der Waals surface area contributed by atoms with Crippen LogP contribution < -0.4 is 0 Å². The maximum absolute atomic E-state index is 10.7. The number of carbonyl (C=O) groups is 1. The van der Waals surface area contributed by atoms with Crippen molar-refractivity contribution >= 4 is 24.8 Å². The van der Waals surface area contributed by atoms with Gasteiger partial charge in [-0.15, -0.1) is 0 Å². The third-order valence-corrected chi connectivity index (χ3v) is 1.80. The summed E-state index contributed by atoms with van der Waals surface area (Å²) in [4.78, 5) is 12.6. The molecular weight excluding hydrogens is 121 g/mol. The Hall–Kier alpha value is 0.0674. The van der Waals surface area contributed by atoms with E-state index in [4.69, 9.17) is 0 Å². The van der Waals surface area contributed by atoms with E-state index in [0.717, 1.165) is 13.1 Å². The summed E-state index contributed by atoms with van der Waals surface area (Å²) in [6, 6.07) is 0. The molecule has 0 aromatic rings. The minimum absolute atomic E-state index is 0. The van der Waals surface area contributed by atoms with Crippen LogP contribution in [-0.2, 0) is 4.79 Å². The number of nitrogens with zero attached hydrogens (tertiary/aromatic N) is 1. The van der Waals surface area contributed by atoms with Crippen molar-refractivity contribution in [2.24, 2.45) is 0 Å². The van der Waals surface area contributed by atoms with Crippen molar-refractivity contribution in [3.63, 3.8) is 0 Å². The van der Waals surface area contributed by atoms with Crippen LogP contribution in [0.25, 0.3) is 0 Å². The van der Waals surface area contributed by atoms with E-state index in [2.05, 4.69) is 0 Å². The van der Waals surface area contributed by atoms with Crippen molar-refractivity contribution in [1.29, 1.82) is 0 Å². The van der Waals surface area contributed by atoms with Gasteiger partial charge in [-0.25, -0.2) is 0 Å². The number of amides is 1. The van der Waals surface area contributed by atoms with Crippen molar-refractivity contribution in [1.82, 2.24) is 4.90 Å². The molecule has 1 rings (SSSR count). The Bertz CT molecular complexity index is 110. The summed E-state index contributed by atoms with van der Waals surface area (Å²) in [5.41, 5.74) is 0. The van der Waals surface area contributed by atoms with E-state index in [-0.39, 0.29) is 24.8 Å². The van der Waals surface area contributed by atoms with E-state index in [0.29, 0.717) is 0 Å². The van der Waals surface area contributed by atoms with Crippen LogP contribution in [0, 0.1) is 0 Å². The normalized spacial score (nSPS) is 17.9. The number of likely N-dealkylation sites (tertiary alicyclic amines) is 1. The van der Waals surface area contributed by atoms with E-state index >= 15 is 0 Å². The molecule has 0 saturated carbocycles. The summed E-state index contributed by atoms with van der Waals surface area (Å²) in [5, 5.41) is 0.